The van der Waals surface area contributed by atoms with Gasteiger partial charge in [0.15, 0.2) is 5.76 Å². The Morgan fingerprint density at radius 1 is 1.00 bits per heavy atom. The minimum Gasteiger partial charge on any atom is -0.494 e. The summed E-state index contributed by atoms with van der Waals surface area (Å²) in [5.41, 5.74) is 0.635. The molecule has 9 nitrogen and oxygen atoms in total. The fraction of sp³-hybridized carbons (Fsp3) is 0.370. The van der Waals surface area contributed by atoms with Gasteiger partial charge in [0.25, 0.3) is 5.91 Å². The summed E-state index contributed by atoms with van der Waals surface area (Å²) < 4.78 is 16.6. The molecule has 9 heteroatoms. The first-order valence-corrected chi connectivity index (χ1v) is 12.2. The van der Waals surface area contributed by atoms with Gasteiger partial charge in [-0.05, 0) is 50.1 Å². The third kappa shape index (κ3) is 6.16. The molecule has 2 atom stereocenters. The predicted octanol–water partition coefficient (Wildman–Crippen LogP) is 3.70. The maximum Gasteiger partial charge on any atom is 0.287 e. The van der Waals surface area contributed by atoms with Crippen LogP contribution in [0.25, 0.3) is 0 Å². The van der Waals surface area contributed by atoms with E-state index in [0.717, 1.165) is 25.7 Å². The molecule has 1 aliphatic carbocycles. The molecule has 2 unspecified atom stereocenters. The fourth-order valence-corrected chi connectivity index (χ4v) is 4.52. The van der Waals surface area contributed by atoms with Gasteiger partial charge >= 0.3 is 0 Å². The first-order chi connectivity index (χ1) is 17.6. The second kappa shape index (κ2) is 12.1. The van der Waals surface area contributed by atoms with Crippen LogP contribution in [-0.4, -0.2) is 36.9 Å². The second-order valence-corrected chi connectivity index (χ2v) is 8.66. The molecule has 3 amide bonds. The number of benzene rings is 1. The molecule has 4 rings (SSSR count). The zero-order valence-corrected chi connectivity index (χ0v) is 20.2. The van der Waals surface area contributed by atoms with Gasteiger partial charge in [0.05, 0.1) is 31.6 Å². The first kappa shape index (κ1) is 25.1. The van der Waals surface area contributed by atoms with Crippen molar-refractivity contribution >= 4 is 17.7 Å². The number of para-hydroxylation sites is 1. The van der Waals surface area contributed by atoms with E-state index in [1.807, 2.05) is 25.1 Å². The Morgan fingerprint density at radius 2 is 1.75 bits per heavy atom. The Hall–Kier alpha value is -4.01. The molecule has 0 spiro atoms. The highest BCUT2D eigenvalue weighted by molar-refractivity contribution is 5.94. The van der Waals surface area contributed by atoms with Crippen LogP contribution in [0.4, 0.5) is 0 Å². The third-order valence-electron chi connectivity index (χ3n) is 6.19. The maximum absolute atomic E-state index is 13.8. The topological polar surface area (TPSA) is 123 Å². The maximum atomic E-state index is 13.8. The molecule has 1 aromatic carbocycles. The molecule has 2 heterocycles. The van der Waals surface area contributed by atoms with Crippen LogP contribution in [0.1, 0.15) is 66.4 Å². The van der Waals surface area contributed by atoms with Crippen LogP contribution >= 0.6 is 0 Å². The Bertz CT molecular complexity index is 1140. The van der Waals surface area contributed by atoms with Gasteiger partial charge in [0, 0.05) is 11.6 Å². The molecule has 3 aromatic rings. The van der Waals surface area contributed by atoms with E-state index in [1.54, 1.807) is 24.3 Å². The van der Waals surface area contributed by atoms with E-state index in [1.165, 1.54) is 18.6 Å². The molecule has 0 aliphatic heterocycles. The molecule has 0 radical (unpaired) electrons. The van der Waals surface area contributed by atoms with Gasteiger partial charge in [-0.2, -0.15) is 0 Å². The summed E-state index contributed by atoms with van der Waals surface area (Å²) in [6, 6.07) is 13.1. The Kier molecular flexibility index (Phi) is 8.44. The normalized spacial score (nSPS) is 15.1. The molecule has 1 saturated carbocycles. The Morgan fingerprint density at radius 3 is 2.44 bits per heavy atom. The fourth-order valence-electron chi connectivity index (χ4n) is 4.52. The number of amides is 3. The molecule has 1 fully saturated rings. The molecular formula is C27H31N3O6. The van der Waals surface area contributed by atoms with E-state index >= 15 is 0 Å². The van der Waals surface area contributed by atoms with Gasteiger partial charge in [0.2, 0.25) is 11.8 Å². The largest absolute Gasteiger partial charge is 0.494 e. The SMILES string of the molecule is CCOc1ccccc1C(C(=O)NC1CCCC1)C(NC(=O)CNC(=O)c1ccco1)c1ccco1. The van der Waals surface area contributed by atoms with E-state index in [2.05, 4.69) is 16.0 Å². The van der Waals surface area contributed by atoms with E-state index in [4.69, 9.17) is 13.6 Å². The van der Waals surface area contributed by atoms with Crippen molar-refractivity contribution in [1.29, 1.82) is 0 Å². The molecule has 0 bridgehead atoms. The second-order valence-electron chi connectivity index (χ2n) is 8.66. The summed E-state index contributed by atoms with van der Waals surface area (Å²) in [6.07, 6.45) is 6.85. The summed E-state index contributed by atoms with van der Waals surface area (Å²) in [5.74, 6) is -0.975. The number of nitrogens with one attached hydrogen (secondary N) is 3. The lowest BCUT2D eigenvalue weighted by Gasteiger charge is -2.29. The van der Waals surface area contributed by atoms with Crippen molar-refractivity contribution in [3.8, 4) is 5.75 Å². The lowest BCUT2D eigenvalue weighted by atomic mass is 9.87. The van der Waals surface area contributed by atoms with Gasteiger partial charge in [-0.25, -0.2) is 0 Å². The number of ether oxygens (including phenoxy) is 1. The van der Waals surface area contributed by atoms with Crippen LogP contribution in [0, 0.1) is 0 Å². The van der Waals surface area contributed by atoms with Crippen molar-refractivity contribution < 1.29 is 28.0 Å². The van der Waals surface area contributed by atoms with E-state index in [-0.39, 0.29) is 24.3 Å². The minimum absolute atomic E-state index is 0.0831. The number of rotatable bonds is 11. The van der Waals surface area contributed by atoms with Crippen molar-refractivity contribution in [1.82, 2.24) is 16.0 Å². The van der Waals surface area contributed by atoms with Crippen molar-refractivity contribution in [2.24, 2.45) is 0 Å². The van der Waals surface area contributed by atoms with Crippen LogP contribution in [0.15, 0.2) is 69.9 Å². The third-order valence-corrected chi connectivity index (χ3v) is 6.19. The average molecular weight is 494 g/mol. The molecule has 0 saturated heterocycles. The Labute approximate surface area is 209 Å². The molecule has 1 aliphatic rings. The van der Waals surface area contributed by atoms with Crippen molar-refractivity contribution in [3.05, 3.63) is 78.1 Å². The van der Waals surface area contributed by atoms with Gasteiger partial charge in [-0.15, -0.1) is 0 Å². The van der Waals surface area contributed by atoms with Crippen LogP contribution in [0.3, 0.4) is 0 Å². The zero-order valence-electron chi connectivity index (χ0n) is 20.2. The lowest BCUT2D eigenvalue weighted by molar-refractivity contribution is -0.125. The van der Waals surface area contributed by atoms with Gasteiger partial charge in [0.1, 0.15) is 17.6 Å². The summed E-state index contributed by atoms with van der Waals surface area (Å²) in [5, 5.41) is 8.59. The number of hydrogen-bond donors (Lipinski definition) is 3. The highest BCUT2D eigenvalue weighted by Gasteiger charge is 2.37. The lowest BCUT2D eigenvalue weighted by Crippen LogP contribution is -2.45. The number of furan rings is 2. The van der Waals surface area contributed by atoms with E-state index in [9.17, 15) is 14.4 Å². The number of carbonyl (C=O) groups is 3. The quantitative estimate of drug-likeness (QED) is 0.374. The van der Waals surface area contributed by atoms with Crippen molar-refractivity contribution in [3.63, 3.8) is 0 Å². The average Bonchev–Trinajstić information content (AvgIpc) is 3.67. The van der Waals surface area contributed by atoms with Gasteiger partial charge in [-0.1, -0.05) is 31.0 Å². The smallest absolute Gasteiger partial charge is 0.287 e. The number of carbonyl (C=O) groups excluding carboxylic acids is 3. The van der Waals surface area contributed by atoms with Crippen LogP contribution < -0.4 is 20.7 Å². The standard InChI is InChI=1S/C27H31N3O6/c1-2-34-20-12-6-5-11-19(20)24(27(33)29-18-9-3-4-10-18)25(21-13-7-15-35-21)30-23(31)17-28-26(32)22-14-8-16-36-22/h5-8,11-16,18,24-25H,2-4,9-10,17H2,1H3,(H,28,32)(H,29,33)(H,30,31). The van der Waals surface area contributed by atoms with E-state index < -0.39 is 23.8 Å². The highest BCUT2D eigenvalue weighted by Crippen LogP contribution is 2.37. The molecular weight excluding hydrogens is 462 g/mol. The summed E-state index contributed by atoms with van der Waals surface area (Å²) in [6.45, 7) is 1.99. The monoisotopic (exact) mass is 493 g/mol. The summed E-state index contributed by atoms with van der Waals surface area (Å²) in [7, 11) is 0. The summed E-state index contributed by atoms with van der Waals surface area (Å²) in [4.78, 5) is 38.9. The zero-order chi connectivity index (χ0) is 25.3. The number of hydrogen-bond acceptors (Lipinski definition) is 6. The molecule has 36 heavy (non-hydrogen) atoms. The van der Waals surface area contributed by atoms with Gasteiger partial charge in [-0.3, -0.25) is 14.4 Å². The van der Waals surface area contributed by atoms with Gasteiger partial charge < -0.3 is 29.5 Å². The minimum atomic E-state index is -0.837. The van der Waals surface area contributed by atoms with E-state index in [0.29, 0.717) is 23.7 Å². The predicted molar refractivity (Wildman–Crippen MR) is 131 cm³/mol. The van der Waals surface area contributed by atoms with Crippen LogP contribution in [0.2, 0.25) is 0 Å². The summed E-state index contributed by atoms with van der Waals surface area (Å²) >= 11 is 0. The van der Waals surface area contributed by atoms with Crippen molar-refractivity contribution in [2.75, 3.05) is 13.2 Å². The molecule has 3 N–H and O–H groups in total. The first-order valence-electron chi connectivity index (χ1n) is 12.2. The highest BCUT2D eigenvalue weighted by atomic mass is 16.5. The van der Waals surface area contributed by atoms with Crippen LogP contribution in [0.5, 0.6) is 5.75 Å². The molecule has 2 aromatic heterocycles. The van der Waals surface area contributed by atoms with Crippen molar-refractivity contribution in [2.45, 2.75) is 50.6 Å². The van der Waals surface area contributed by atoms with Crippen LogP contribution in [-0.2, 0) is 9.59 Å². The molecule has 190 valence electrons. The Balaban J connectivity index is 1.61.